The first-order valence-corrected chi connectivity index (χ1v) is 14.5. The van der Waals surface area contributed by atoms with Crippen molar-refractivity contribution in [3.05, 3.63) is 36.0 Å². The molecule has 3 fully saturated rings. The molecular weight excluding hydrogens is 502 g/mol. The Balaban J connectivity index is 1.39. The number of ketones is 2. The maximum atomic E-state index is 14.3. The summed E-state index contributed by atoms with van der Waals surface area (Å²) in [6.07, 6.45) is 5.59. The molecular formula is C30H38ClN3O4. The molecule has 1 aromatic heterocycles. The van der Waals surface area contributed by atoms with Crippen molar-refractivity contribution in [2.45, 2.75) is 71.4 Å². The van der Waals surface area contributed by atoms with E-state index in [1.54, 1.807) is 6.92 Å². The van der Waals surface area contributed by atoms with Crippen molar-refractivity contribution in [2.24, 2.45) is 35.0 Å². The SMILES string of the molecule is C[C@H](NC(=O)[C@H]1C(C(=O)[C@@H](NC(=O)c2cc3ccccc3[nH]2)C2CCCCC2)C[C@H]2[C@@H]1C2(C)C)C(=O)CCl. The predicted octanol–water partition coefficient (Wildman–Crippen LogP) is 4.64. The molecule has 2 aromatic rings. The zero-order valence-corrected chi connectivity index (χ0v) is 23.1. The molecule has 3 aliphatic carbocycles. The van der Waals surface area contributed by atoms with Crippen molar-refractivity contribution >= 4 is 45.9 Å². The lowest BCUT2D eigenvalue weighted by Crippen LogP contribution is -2.52. The molecule has 0 radical (unpaired) electrons. The molecule has 0 aliphatic heterocycles. The highest BCUT2D eigenvalue weighted by atomic mass is 35.5. The van der Waals surface area contributed by atoms with Crippen LogP contribution in [0, 0.1) is 35.0 Å². The van der Waals surface area contributed by atoms with Crippen LogP contribution in [0.25, 0.3) is 10.9 Å². The molecule has 1 aromatic carbocycles. The van der Waals surface area contributed by atoms with Crippen molar-refractivity contribution < 1.29 is 19.2 Å². The van der Waals surface area contributed by atoms with Gasteiger partial charge in [0.05, 0.1) is 23.9 Å². The number of aromatic nitrogens is 1. The summed E-state index contributed by atoms with van der Waals surface area (Å²) in [5, 5.41) is 6.87. The molecule has 8 heteroatoms. The minimum Gasteiger partial charge on any atom is -0.351 e. The van der Waals surface area contributed by atoms with E-state index in [0.29, 0.717) is 12.1 Å². The second-order valence-electron chi connectivity index (χ2n) is 12.2. The third kappa shape index (κ3) is 4.90. The number of fused-ring (bicyclic) bond motifs is 2. The number of hydrogen-bond donors (Lipinski definition) is 3. The van der Waals surface area contributed by atoms with Crippen LogP contribution in [0.1, 0.15) is 69.8 Å². The van der Waals surface area contributed by atoms with Gasteiger partial charge in [0.1, 0.15) is 5.69 Å². The second-order valence-corrected chi connectivity index (χ2v) is 12.4. The van der Waals surface area contributed by atoms with Crippen molar-refractivity contribution in [1.82, 2.24) is 15.6 Å². The topological polar surface area (TPSA) is 108 Å². The molecule has 6 atom stereocenters. The third-order valence-corrected chi connectivity index (χ3v) is 9.86. The lowest BCUT2D eigenvalue weighted by molar-refractivity contribution is -0.137. The molecule has 1 unspecified atom stereocenters. The standard InChI is InChI=1S/C30H38ClN3O4/c1-16(23(35)15-31)32-29(38)24-19(14-20-25(24)30(20,2)3)27(36)26(17-9-5-4-6-10-17)34-28(37)22-13-18-11-7-8-12-21(18)33-22/h7-8,11-13,16-17,19-20,24-26,33H,4-6,9-10,14-15H2,1-3H3,(H,32,38)(H,34,37)/t16-,19?,20-,24-,25-,26-/m0/s1. The first-order valence-electron chi connectivity index (χ1n) is 13.9. The van der Waals surface area contributed by atoms with E-state index in [1.165, 1.54) is 0 Å². The molecule has 3 saturated carbocycles. The zero-order chi connectivity index (χ0) is 27.2. The molecule has 3 aliphatic rings. The van der Waals surface area contributed by atoms with Gasteiger partial charge in [-0.2, -0.15) is 0 Å². The molecule has 38 heavy (non-hydrogen) atoms. The number of alkyl halides is 1. The fraction of sp³-hybridized carbons (Fsp3) is 0.600. The van der Waals surface area contributed by atoms with Gasteiger partial charge < -0.3 is 15.6 Å². The Morgan fingerprint density at radius 2 is 1.79 bits per heavy atom. The minimum atomic E-state index is -0.701. The Bertz CT molecular complexity index is 1210. The van der Waals surface area contributed by atoms with E-state index >= 15 is 0 Å². The van der Waals surface area contributed by atoms with Gasteiger partial charge in [0.25, 0.3) is 5.91 Å². The Hall–Kier alpha value is -2.67. The molecule has 0 saturated heterocycles. The molecule has 204 valence electrons. The molecule has 2 amide bonds. The number of aromatic amines is 1. The third-order valence-electron chi connectivity index (χ3n) is 9.60. The van der Waals surface area contributed by atoms with E-state index in [4.69, 9.17) is 11.6 Å². The first-order chi connectivity index (χ1) is 18.1. The summed E-state index contributed by atoms with van der Waals surface area (Å²) in [6.45, 7) is 5.93. The minimum absolute atomic E-state index is 0.0214. The lowest BCUT2D eigenvalue weighted by atomic mass is 9.74. The highest BCUT2D eigenvalue weighted by molar-refractivity contribution is 6.28. The Morgan fingerprint density at radius 1 is 1.08 bits per heavy atom. The number of benzene rings is 1. The van der Waals surface area contributed by atoms with E-state index in [9.17, 15) is 19.2 Å². The van der Waals surface area contributed by atoms with Crippen LogP contribution in [0.2, 0.25) is 0 Å². The van der Waals surface area contributed by atoms with E-state index in [0.717, 1.165) is 43.0 Å². The number of carbonyl (C=O) groups is 4. The van der Waals surface area contributed by atoms with Gasteiger partial charge in [-0.05, 0) is 61.5 Å². The number of carbonyl (C=O) groups excluding carboxylic acids is 4. The Labute approximate surface area is 228 Å². The van der Waals surface area contributed by atoms with Crippen LogP contribution >= 0.6 is 11.6 Å². The number of halogens is 1. The van der Waals surface area contributed by atoms with Gasteiger partial charge >= 0.3 is 0 Å². The lowest BCUT2D eigenvalue weighted by Gasteiger charge is -2.34. The van der Waals surface area contributed by atoms with E-state index in [1.807, 2.05) is 30.3 Å². The van der Waals surface area contributed by atoms with Crippen LogP contribution in [-0.2, 0) is 14.4 Å². The zero-order valence-electron chi connectivity index (χ0n) is 22.4. The predicted molar refractivity (Wildman–Crippen MR) is 147 cm³/mol. The summed E-state index contributed by atoms with van der Waals surface area (Å²) < 4.78 is 0. The normalized spacial score (nSPS) is 27.8. The van der Waals surface area contributed by atoms with Gasteiger partial charge in [-0.15, -0.1) is 11.6 Å². The Morgan fingerprint density at radius 3 is 2.47 bits per heavy atom. The second kappa shape index (κ2) is 10.5. The highest BCUT2D eigenvalue weighted by Crippen LogP contribution is 2.70. The van der Waals surface area contributed by atoms with E-state index < -0.39 is 23.9 Å². The van der Waals surface area contributed by atoms with E-state index in [2.05, 4.69) is 29.5 Å². The molecule has 7 nitrogen and oxygen atoms in total. The maximum absolute atomic E-state index is 14.3. The van der Waals surface area contributed by atoms with Gasteiger partial charge in [0.2, 0.25) is 5.91 Å². The van der Waals surface area contributed by atoms with Crippen molar-refractivity contribution in [2.75, 3.05) is 5.88 Å². The number of para-hydroxylation sites is 1. The number of amides is 2. The molecule has 0 spiro atoms. The highest BCUT2D eigenvalue weighted by Gasteiger charge is 2.70. The molecule has 0 bridgehead atoms. The molecule has 5 rings (SSSR count). The van der Waals surface area contributed by atoms with Crippen molar-refractivity contribution in [1.29, 1.82) is 0 Å². The summed E-state index contributed by atoms with van der Waals surface area (Å²) in [6, 6.07) is 8.16. The fourth-order valence-electron chi connectivity index (χ4n) is 7.30. The number of Topliss-reactive ketones (excluding diaryl/α,β-unsaturated/α-hetero) is 2. The smallest absolute Gasteiger partial charge is 0.268 e. The average molecular weight is 540 g/mol. The van der Waals surface area contributed by atoms with Crippen LogP contribution in [-0.4, -0.2) is 46.3 Å². The van der Waals surface area contributed by atoms with Crippen LogP contribution in [0.5, 0.6) is 0 Å². The molecule has 3 N–H and O–H groups in total. The van der Waals surface area contributed by atoms with Crippen LogP contribution in [0.4, 0.5) is 0 Å². The van der Waals surface area contributed by atoms with Crippen LogP contribution < -0.4 is 10.6 Å². The van der Waals surface area contributed by atoms with Crippen molar-refractivity contribution in [3.8, 4) is 0 Å². The number of hydrogen-bond acceptors (Lipinski definition) is 4. The van der Waals surface area contributed by atoms with Crippen LogP contribution in [0.15, 0.2) is 30.3 Å². The quantitative estimate of drug-likeness (QED) is 0.403. The largest absolute Gasteiger partial charge is 0.351 e. The summed E-state index contributed by atoms with van der Waals surface area (Å²) in [5.41, 5.74) is 1.28. The monoisotopic (exact) mass is 539 g/mol. The van der Waals surface area contributed by atoms with Gasteiger partial charge in [-0.25, -0.2) is 0 Å². The van der Waals surface area contributed by atoms with Gasteiger partial charge in [0.15, 0.2) is 11.6 Å². The summed E-state index contributed by atoms with van der Waals surface area (Å²) >= 11 is 5.71. The van der Waals surface area contributed by atoms with Crippen molar-refractivity contribution in [3.63, 3.8) is 0 Å². The fourth-order valence-corrected chi connectivity index (χ4v) is 7.53. The van der Waals surface area contributed by atoms with Gasteiger partial charge in [-0.3, -0.25) is 19.2 Å². The maximum Gasteiger partial charge on any atom is 0.268 e. The van der Waals surface area contributed by atoms with Gasteiger partial charge in [-0.1, -0.05) is 51.3 Å². The Kier molecular flexibility index (Phi) is 7.42. The number of rotatable bonds is 9. The summed E-state index contributed by atoms with van der Waals surface area (Å²) in [5.74, 6) is -1.58. The molecule has 1 heterocycles. The number of nitrogens with one attached hydrogen (secondary N) is 3. The van der Waals surface area contributed by atoms with E-state index in [-0.39, 0.29) is 52.4 Å². The average Bonchev–Trinajstić information content (AvgIpc) is 3.30. The summed E-state index contributed by atoms with van der Waals surface area (Å²) in [7, 11) is 0. The number of H-pyrrole nitrogens is 1. The summed E-state index contributed by atoms with van der Waals surface area (Å²) in [4.78, 5) is 56.4. The first kappa shape index (κ1) is 26.9. The van der Waals surface area contributed by atoms with Gasteiger partial charge in [0, 0.05) is 16.8 Å². The van der Waals surface area contributed by atoms with Crippen LogP contribution in [0.3, 0.4) is 0 Å².